The molecule has 4 N–H and O–H groups in total. The molecular formula is C18H26BN5O5. The third-order valence-electron chi connectivity index (χ3n) is 4.92. The number of ether oxygens (including phenoxy) is 1. The van der Waals surface area contributed by atoms with Crippen LogP contribution in [0.15, 0.2) is 35.4 Å². The maximum absolute atomic E-state index is 12.9. The first-order chi connectivity index (χ1) is 13.8. The fourth-order valence-corrected chi connectivity index (χ4v) is 3.54. The molecule has 29 heavy (non-hydrogen) atoms. The number of carbonyl (C=O) groups is 2. The molecule has 2 rings (SSSR count). The van der Waals surface area contributed by atoms with Gasteiger partial charge in [-0.25, -0.2) is 0 Å². The number of nitrogens with zero attached hydrogens (tertiary/aromatic N) is 4. The lowest BCUT2D eigenvalue weighted by molar-refractivity contribution is -0.156. The Labute approximate surface area is 169 Å². The van der Waals surface area contributed by atoms with Crippen LogP contribution in [0.3, 0.4) is 0 Å². The van der Waals surface area contributed by atoms with E-state index in [9.17, 15) is 19.6 Å². The molecule has 1 saturated heterocycles. The molecule has 1 aliphatic heterocycles. The van der Waals surface area contributed by atoms with Crippen molar-refractivity contribution in [2.45, 2.75) is 44.3 Å². The quantitative estimate of drug-likeness (QED) is 0.191. The van der Waals surface area contributed by atoms with E-state index in [-0.39, 0.29) is 44.3 Å². The standard InChI is InChI=1S/C18H26BN5O5/c1-13(20)16(25)24-10-15(7-8-19(27)28)9-18(12-24,22-23-21)17(26)29-11-14-5-3-2-4-6-14/h2-6,13,15,27-28H,7-12,20H2,1H3/t13?,15-,18-/m0/s1. The van der Waals surface area contributed by atoms with Gasteiger partial charge in [-0.3, -0.25) is 9.59 Å². The van der Waals surface area contributed by atoms with Crippen molar-refractivity contribution in [3.63, 3.8) is 0 Å². The van der Waals surface area contributed by atoms with Crippen molar-refractivity contribution in [2.75, 3.05) is 13.1 Å². The Kier molecular flexibility index (Phi) is 8.04. The molecule has 3 atom stereocenters. The molecule has 1 unspecified atom stereocenters. The van der Waals surface area contributed by atoms with E-state index >= 15 is 0 Å². The average Bonchev–Trinajstić information content (AvgIpc) is 2.70. The molecule has 0 saturated carbocycles. The number of piperidine rings is 1. The highest BCUT2D eigenvalue weighted by molar-refractivity contribution is 6.40. The van der Waals surface area contributed by atoms with Gasteiger partial charge in [-0.2, -0.15) is 0 Å². The number of rotatable bonds is 8. The molecule has 11 heteroatoms. The zero-order valence-corrected chi connectivity index (χ0v) is 16.3. The average molecular weight is 403 g/mol. The van der Waals surface area contributed by atoms with Gasteiger partial charge in [0.2, 0.25) is 5.91 Å². The van der Waals surface area contributed by atoms with Crippen LogP contribution in [-0.4, -0.2) is 58.6 Å². The number of nitrogens with two attached hydrogens (primary N) is 1. The molecular weight excluding hydrogens is 377 g/mol. The SMILES string of the molecule is CC(N)C(=O)N1C[C@@H](CCB(O)O)C[C@@](N=[N+]=[N-])(C(=O)OCc2ccccc2)C1. The van der Waals surface area contributed by atoms with Crippen LogP contribution in [0.25, 0.3) is 10.4 Å². The minimum atomic E-state index is -1.60. The minimum absolute atomic E-state index is 0.00360. The summed E-state index contributed by atoms with van der Waals surface area (Å²) in [5, 5.41) is 22.1. The van der Waals surface area contributed by atoms with E-state index in [0.717, 1.165) is 5.56 Å². The summed E-state index contributed by atoms with van der Waals surface area (Å²) >= 11 is 0. The first-order valence-corrected chi connectivity index (χ1v) is 9.45. The van der Waals surface area contributed by atoms with E-state index in [1.165, 1.54) is 11.8 Å². The van der Waals surface area contributed by atoms with Gasteiger partial charge < -0.3 is 25.4 Å². The fraction of sp³-hybridized carbons (Fsp3) is 0.556. The van der Waals surface area contributed by atoms with E-state index in [2.05, 4.69) is 10.0 Å². The Hall–Kier alpha value is -2.59. The number of benzene rings is 1. The van der Waals surface area contributed by atoms with Crippen molar-refractivity contribution < 1.29 is 24.4 Å². The molecule has 1 heterocycles. The van der Waals surface area contributed by atoms with Gasteiger partial charge in [0.1, 0.15) is 6.61 Å². The molecule has 0 radical (unpaired) electrons. The lowest BCUT2D eigenvalue weighted by Gasteiger charge is -2.42. The van der Waals surface area contributed by atoms with Crippen molar-refractivity contribution >= 4 is 19.0 Å². The zero-order valence-electron chi connectivity index (χ0n) is 16.3. The monoisotopic (exact) mass is 403 g/mol. The summed E-state index contributed by atoms with van der Waals surface area (Å²) < 4.78 is 5.41. The van der Waals surface area contributed by atoms with Crippen LogP contribution in [0.4, 0.5) is 0 Å². The van der Waals surface area contributed by atoms with Crippen LogP contribution in [-0.2, 0) is 20.9 Å². The largest absolute Gasteiger partial charge is 0.460 e. The first-order valence-electron chi connectivity index (χ1n) is 9.45. The van der Waals surface area contributed by atoms with Crippen molar-refractivity contribution in [2.24, 2.45) is 16.8 Å². The topological polar surface area (TPSA) is 162 Å². The van der Waals surface area contributed by atoms with E-state index in [1.54, 1.807) is 12.1 Å². The summed E-state index contributed by atoms with van der Waals surface area (Å²) in [7, 11) is -1.51. The third-order valence-corrected chi connectivity index (χ3v) is 4.92. The summed E-state index contributed by atoms with van der Waals surface area (Å²) in [6, 6.07) is 8.27. The lowest BCUT2D eigenvalue weighted by Crippen LogP contribution is -2.59. The van der Waals surface area contributed by atoms with Gasteiger partial charge in [-0.1, -0.05) is 41.9 Å². The Bertz CT molecular complexity index is 756. The molecule has 1 aromatic carbocycles. The summed E-state index contributed by atoms with van der Waals surface area (Å²) in [4.78, 5) is 29.7. The van der Waals surface area contributed by atoms with Gasteiger partial charge in [0, 0.05) is 18.0 Å². The van der Waals surface area contributed by atoms with E-state index in [4.69, 9.17) is 16.0 Å². The van der Waals surface area contributed by atoms with Gasteiger partial charge in [0.25, 0.3) is 0 Å². The first kappa shape index (κ1) is 22.7. The van der Waals surface area contributed by atoms with Gasteiger partial charge in [-0.15, -0.1) is 0 Å². The highest BCUT2D eigenvalue weighted by Crippen LogP contribution is 2.34. The highest BCUT2D eigenvalue weighted by atomic mass is 16.5. The Morgan fingerprint density at radius 3 is 2.72 bits per heavy atom. The molecule has 156 valence electrons. The molecule has 10 nitrogen and oxygen atoms in total. The Morgan fingerprint density at radius 2 is 2.14 bits per heavy atom. The summed E-state index contributed by atoms with van der Waals surface area (Å²) in [5.41, 5.74) is 14.0. The van der Waals surface area contributed by atoms with Crippen LogP contribution in [0, 0.1) is 5.92 Å². The normalized spacial score (nSPS) is 22.3. The van der Waals surface area contributed by atoms with Crippen LogP contribution in [0.5, 0.6) is 0 Å². The maximum atomic E-state index is 12.9. The third kappa shape index (κ3) is 6.20. The van der Waals surface area contributed by atoms with Crippen LogP contribution < -0.4 is 5.73 Å². The van der Waals surface area contributed by atoms with Gasteiger partial charge in [0.15, 0.2) is 5.54 Å². The maximum Gasteiger partial charge on any atom is 0.451 e. The highest BCUT2D eigenvalue weighted by Gasteiger charge is 2.48. The Balaban J connectivity index is 2.25. The molecule has 1 amide bonds. The van der Waals surface area contributed by atoms with Gasteiger partial charge in [0.05, 0.1) is 6.04 Å². The molecule has 0 spiro atoms. The number of azide groups is 1. The second-order valence-corrected chi connectivity index (χ2v) is 7.42. The zero-order chi connectivity index (χ0) is 21.4. The van der Waals surface area contributed by atoms with E-state index in [0.29, 0.717) is 6.42 Å². The smallest absolute Gasteiger partial charge is 0.451 e. The van der Waals surface area contributed by atoms with Crippen molar-refractivity contribution in [1.29, 1.82) is 0 Å². The predicted molar refractivity (Wildman–Crippen MR) is 106 cm³/mol. The molecule has 0 bridgehead atoms. The van der Waals surface area contributed by atoms with Crippen LogP contribution in [0.1, 0.15) is 25.3 Å². The number of esters is 1. The van der Waals surface area contributed by atoms with Crippen molar-refractivity contribution in [3.05, 3.63) is 46.3 Å². The van der Waals surface area contributed by atoms with Gasteiger partial charge in [-0.05, 0) is 36.7 Å². The molecule has 1 aromatic rings. The molecule has 0 aromatic heterocycles. The molecule has 1 fully saturated rings. The summed E-state index contributed by atoms with van der Waals surface area (Å²) in [6.45, 7) is 1.68. The number of amides is 1. The number of hydrogen-bond acceptors (Lipinski definition) is 7. The number of carbonyl (C=O) groups excluding carboxylic acids is 2. The van der Waals surface area contributed by atoms with E-state index in [1.807, 2.05) is 18.2 Å². The lowest BCUT2D eigenvalue weighted by atomic mass is 9.75. The fourth-order valence-electron chi connectivity index (χ4n) is 3.54. The van der Waals surface area contributed by atoms with Crippen molar-refractivity contribution in [1.82, 2.24) is 4.90 Å². The van der Waals surface area contributed by atoms with Gasteiger partial charge >= 0.3 is 13.1 Å². The predicted octanol–water partition coefficient (Wildman–Crippen LogP) is 0.838. The Morgan fingerprint density at radius 1 is 1.45 bits per heavy atom. The number of likely N-dealkylation sites (tertiary alicyclic amines) is 1. The summed E-state index contributed by atoms with van der Waals surface area (Å²) in [6.07, 6.45) is 0.533. The van der Waals surface area contributed by atoms with Crippen molar-refractivity contribution in [3.8, 4) is 0 Å². The van der Waals surface area contributed by atoms with Crippen LogP contribution >= 0.6 is 0 Å². The second kappa shape index (κ2) is 10.3. The second-order valence-electron chi connectivity index (χ2n) is 7.42. The number of hydrogen-bond donors (Lipinski definition) is 3. The van der Waals surface area contributed by atoms with Crippen LogP contribution in [0.2, 0.25) is 6.32 Å². The molecule has 0 aliphatic carbocycles. The minimum Gasteiger partial charge on any atom is -0.460 e. The molecule has 1 aliphatic rings. The summed E-state index contributed by atoms with van der Waals surface area (Å²) in [5.74, 6) is -1.40. The van der Waals surface area contributed by atoms with E-state index < -0.39 is 24.7 Å².